The Kier molecular flexibility index (Phi) is 3.84. The fourth-order valence-corrected chi connectivity index (χ4v) is 2.62. The van der Waals surface area contributed by atoms with Crippen molar-refractivity contribution in [3.05, 3.63) is 52.1 Å². The van der Waals surface area contributed by atoms with Gasteiger partial charge in [0.15, 0.2) is 18.0 Å². The maximum atomic E-state index is 12.1. The number of aryl methyl sites for hydroxylation is 1. The Hall–Kier alpha value is -3.69. The maximum absolute atomic E-state index is 12.1. The molecule has 3 heterocycles. The SMILES string of the molecule is Cc1cc(=O)c2n(CC(=O)N/N=C/c3ccc4c(c3)OCO4)nc[n+]2[nH]1. The van der Waals surface area contributed by atoms with Crippen LogP contribution < -0.4 is 24.8 Å². The highest BCUT2D eigenvalue weighted by molar-refractivity contribution is 5.83. The molecule has 132 valence electrons. The number of ether oxygens (including phenoxy) is 2. The lowest BCUT2D eigenvalue weighted by molar-refractivity contribution is -0.582. The number of amides is 1. The molecule has 1 aliphatic heterocycles. The van der Waals surface area contributed by atoms with Gasteiger partial charge in [-0.05, 0) is 30.7 Å². The van der Waals surface area contributed by atoms with Gasteiger partial charge in [-0.1, -0.05) is 4.68 Å². The summed E-state index contributed by atoms with van der Waals surface area (Å²) in [5, 5.41) is 10.9. The Bertz CT molecular complexity index is 1080. The molecular formula is C16H15N6O4+. The number of benzene rings is 1. The van der Waals surface area contributed by atoms with Gasteiger partial charge < -0.3 is 9.47 Å². The van der Waals surface area contributed by atoms with E-state index < -0.39 is 5.91 Å². The van der Waals surface area contributed by atoms with E-state index >= 15 is 0 Å². The molecular weight excluding hydrogens is 340 g/mol. The molecule has 3 aromatic rings. The van der Waals surface area contributed by atoms with E-state index in [1.807, 2.05) is 0 Å². The van der Waals surface area contributed by atoms with Crippen LogP contribution in [0.5, 0.6) is 11.5 Å². The van der Waals surface area contributed by atoms with Crippen LogP contribution in [0.2, 0.25) is 0 Å². The summed E-state index contributed by atoms with van der Waals surface area (Å²) in [6, 6.07) is 6.77. The molecule has 10 nitrogen and oxygen atoms in total. The van der Waals surface area contributed by atoms with Crippen LogP contribution in [0.3, 0.4) is 0 Å². The van der Waals surface area contributed by atoms with Crippen molar-refractivity contribution >= 4 is 17.8 Å². The van der Waals surface area contributed by atoms with Crippen molar-refractivity contribution < 1.29 is 18.8 Å². The number of nitrogens with zero attached hydrogens (tertiary/aromatic N) is 4. The summed E-state index contributed by atoms with van der Waals surface area (Å²) < 4.78 is 13.3. The normalized spacial score (nSPS) is 12.8. The molecule has 1 amide bonds. The highest BCUT2D eigenvalue weighted by Crippen LogP contribution is 2.31. The molecule has 1 aromatic carbocycles. The van der Waals surface area contributed by atoms with Gasteiger partial charge in [0.05, 0.1) is 6.21 Å². The predicted molar refractivity (Wildman–Crippen MR) is 89.0 cm³/mol. The molecule has 26 heavy (non-hydrogen) atoms. The average molecular weight is 355 g/mol. The number of aromatic amines is 1. The fraction of sp³-hybridized carbons (Fsp3) is 0.188. The minimum Gasteiger partial charge on any atom is -0.454 e. The molecule has 4 rings (SSSR count). The third-order valence-electron chi connectivity index (χ3n) is 3.74. The smallest absolute Gasteiger partial charge is 0.331 e. The van der Waals surface area contributed by atoms with Crippen molar-refractivity contribution in [2.45, 2.75) is 13.5 Å². The summed E-state index contributed by atoms with van der Waals surface area (Å²) in [4.78, 5) is 24.1. The fourth-order valence-electron chi connectivity index (χ4n) is 2.62. The van der Waals surface area contributed by atoms with Crippen molar-refractivity contribution in [2.24, 2.45) is 5.10 Å². The van der Waals surface area contributed by atoms with Crippen LogP contribution in [0, 0.1) is 6.92 Å². The largest absolute Gasteiger partial charge is 0.454 e. The Morgan fingerprint density at radius 3 is 3.15 bits per heavy atom. The highest BCUT2D eigenvalue weighted by Gasteiger charge is 2.18. The monoisotopic (exact) mass is 355 g/mol. The molecule has 0 fully saturated rings. The standard InChI is InChI=1S/C16H14N6O4/c1-10-4-12(23)16-21(18-8-22(16)20-10)7-15(24)19-17-6-11-2-3-13-14(5-11)26-9-25-13/h2-6,8H,7,9H2,1H3,(H-,19,20,23,24)/p+1/b17-6+. The summed E-state index contributed by atoms with van der Waals surface area (Å²) in [7, 11) is 0. The van der Waals surface area contributed by atoms with Crippen molar-refractivity contribution in [1.29, 1.82) is 0 Å². The number of fused-ring (bicyclic) bond motifs is 2. The number of hydrazone groups is 1. The number of nitrogens with one attached hydrogen (secondary N) is 2. The molecule has 0 aliphatic carbocycles. The predicted octanol–water partition coefficient (Wildman–Crippen LogP) is -0.502. The van der Waals surface area contributed by atoms with Crippen molar-refractivity contribution in [2.75, 3.05) is 6.79 Å². The maximum Gasteiger partial charge on any atom is 0.331 e. The van der Waals surface area contributed by atoms with E-state index in [0.29, 0.717) is 17.2 Å². The van der Waals surface area contributed by atoms with E-state index in [1.165, 1.54) is 27.8 Å². The number of carbonyl (C=O) groups excluding carboxylic acids is 1. The zero-order chi connectivity index (χ0) is 18.1. The summed E-state index contributed by atoms with van der Waals surface area (Å²) in [6.07, 6.45) is 2.93. The number of H-pyrrole nitrogens is 1. The van der Waals surface area contributed by atoms with E-state index in [9.17, 15) is 9.59 Å². The van der Waals surface area contributed by atoms with Crippen molar-refractivity contribution in [3.63, 3.8) is 0 Å². The van der Waals surface area contributed by atoms with Crippen LogP contribution in [0.15, 0.2) is 40.5 Å². The number of carbonyl (C=O) groups is 1. The second kappa shape index (κ2) is 6.31. The van der Waals surface area contributed by atoms with Gasteiger partial charge in [0.1, 0.15) is 0 Å². The molecule has 0 atom stereocenters. The minimum absolute atomic E-state index is 0.138. The summed E-state index contributed by atoms with van der Waals surface area (Å²) in [5.74, 6) is 0.900. The van der Waals surface area contributed by atoms with Crippen LogP contribution in [-0.4, -0.2) is 33.8 Å². The number of aromatic nitrogens is 4. The lowest BCUT2D eigenvalue weighted by Crippen LogP contribution is -2.33. The summed E-state index contributed by atoms with van der Waals surface area (Å²) in [6.45, 7) is 1.82. The summed E-state index contributed by atoms with van der Waals surface area (Å²) >= 11 is 0. The first-order valence-corrected chi connectivity index (χ1v) is 7.79. The lowest BCUT2D eigenvalue weighted by atomic mass is 10.2. The van der Waals surface area contributed by atoms with Gasteiger partial charge in [-0.25, -0.2) is 10.5 Å². The molecule has 0 bridgehead atoms. The van der Waals surface area contributed by atoms with Crippen LogP contribution >= 0.6 is 0 Å². The summed E-state index contributed by atoms with van der Waals surface area (Å²) in [5.41, 5.74) is 3.90. The second-order valence-corrected chi connectivity index (χ2v) is 5.69. The van der Waals surface area contributed by atoms with Crippen LogP contribution in [-0.2, 0) is 11.3 Å². The van der Waals surface area contributed by atoms with Gasteiger partial charge in [-0.15, -0.1) is 4.52 Å². The first-order chi connectivity index (χ1) is 12.6. The molecule has 0 unspecified atom stereocenters. The highest BCUT2D eigenvalue weighted by atomic mass is 16.7. The lowest BCUT2D eigenvalue weighted by Gasteiger charge is -1.98. The number of hydrogen-bond acceptors (Lipinski definition) is 6. The molecule has 10 heteroatoms. The second-order valence-electron chi connectivity index (χ2n) is 5.69. The van der Waals surface area contributed by atoms with E-state index in [0.717, 1.165) is 5.56 Å². The third kappa shape index (κ3) is 2.99. The molecule has 0 saturated carbocycles. The van der Waals surface area contributed by atoms with Crippen LogP contribution in [0.1, 0.15) is 11.3 Å². The van der Waals surface area contributed by atoms with E-state index in [2.05, 4.69) is 20.7 Å². The molecule has 0 saturated heterocycles. The first kappa shape index (κ1) is 15.8. The van der Waals surface area contributed by atoms with Gasteiger partial charge >= 0.3 is 5.65 Å². The molecule has 0 spiro atoms. The number of hydrogen-bond donors (Lipinski definition) is 2. The van der Waals surface area contributed by atoms with Crippen LogP contribution in [0.4, 0.5) is 0 Å². The first-order valence-electron chi connectivity index (χ1n) is 7.79. The Labute approximate surface area is 146 Å². The minimum atomic E-state index is -0.410. The van der Waals surface area contributed by atoms with E-state index in [1.54, 1.807) is 25.1 Å². The van der Waals surface area contributed by atoms with E-state index in [4.69, 9.17) is 9.47 Å². The number of rotatable bonds is 4. The molecule has 2 aromatic heterocycles. The zero-order valence-corrected chi connectivity index (χ0v) is 13.8. The van der Waals surface area contributed by atoms with Gasteiger partial charge in [-0.2, -0.15) is 5.10 Å². The van der Waals surface area contributed by atoms with E-state index in [-0.39, 0.29) is 24.4 Å². The van der Waals surface area contributed by atoms with Crippen molar-refractivity contribution in [1.82, 2.24) is 20.3 Å². The topological polar surface area (TPSA) is 115 Å². The van der Waals surface area contributed by atoms with Crippen molar-refractivity contribution in [3.8, 4) is 11.5 Å². The Morgan fingerprint density at radius 2 is 2.27 bits per heavy atom. The molecule has 1 aliphatic rings. The van der Waals surface area contributed by atoms with Gasteiger partial charge in [-0.3, -0.25) is 9.59 Å². The van der Waals surface area contributed by atoms with Crippen LogP contribution in [0.25, 0.3) is 5.65 Å². The van der Waals surface area contributed by atoms with Gasteiger partial charge in [0.25, 0.3) is 17.7 Å². The quantitative estimate of drug-likeness (QED) is 0.372. The Balaban J connectivity index is 1.44. The molecule has 0 radical (unpaired) electrons. The average Bonchev–Trinajstić information content (AvgIpc) is 3.21. The Morgan fingerprint density at radius 1 is 1.42 bits per heavy atom. The molecule has 2 N–H and O–H groups in total. The van der Waals surface area contributed by atoms with Gasteiger partial charge in [0, 0.05) is 16.9 Å². The zero-order valence-electron chi connectivity index (χ0n) is 13.8. The van der Waals surface area contributed by atoms with Gasteiger partial charge in [0.2, 0.25) is 6.79 Å². The third-order valence-corrected chi connectivity index (χ3v) is 3.74.